The molecule has 1 atom stereocenters. The molecule has 0 spiro atoms. The van der Waals surface area contributed by atoms with Crippen LogP contribution >= 0.6 is 0 Å². The molecule has 10 heavy (non-hydrogen) atoms. The minimum Gasteiger partial charge on any atom is -0.352 e. The Morgan fingerprint density at radius 1 is 1.90 bits per heavy atom. The Bertz CT molecular complexity index is 166. The van der Waals surface area contributed by atoms with Crippen molar-refractivity contribution in [2.24, 2.45) is 5.73 Å². The molecule has 0 unspecified atom stereocenters. The van der Waals surface area contributed by atoms with Crippen LogP contribution in [0.1, 0.15) is 27.6 Å². The highest BCUT2D eigenvalue weighted by molar-refractivity contribution is 5.81. The van der Waals surface area contributed by atoms with E-state index in [4.69, 9.17) is 7.10 Å². The van der Waals surface area contributed by atoms with Gasteiger partial charge in [0.25, 0.3) is 0 Å². The van der Waals surface area contributed by atoms with Gasteiger partial charge in [-0.1, -0.05) is 0 Å². The summed E-state index contributed by atoms with van der Waals surface area (Å²) in [7, 11) is 0. The maximum absolute atomic E-state index is 11.0. The second-order valence-electron chi connectivity index (χ2n) is 2.74. The van der Waals surface area contributed by atoms with Crippen molar-refractivity contribution in [3.8, 4) is 0 Å². The molecule has 1 aliphatic rings. The summed E-state index contributed by atoms with van der Waals surface area (Å²) in [6.07, 6.45) is 2.54. The lowest BCUT2D eigenvalue weighted by Gasteiger charge is -2.27. The van der Waals surface area contributed by atoms with Gasteiger partial charge in [-0.15, -0.1) is 0 Å². The Morgan fingerprint density at radius 2 is 2.50 bits per heavy atom. The second-order valence-corrected chi connectivity index (χ2v) is 2.74. The molecule has 1 fully saturated rings. The van der Waals surface area contributed by atoms with Crippen molar-refractivity contribution >= 4 is 5.91 Å². The van der Waals surface area contributed by atoms with E-state index in [0.717, 1.165) is 19.3 Å². The highest BCUT2D eigenvalue weighted by atomic mass is 16.2. The van der Waals surface area contributed by atoms with Crippen LogP contribution < -0.4 is 11.1 Å². The van der Waals surface area contributed by atoms with E-state index in [1.54, 1.807) is 6.92 Å². The Hall–Kier alpha value is -0.570. The standard InChI is InChI=1S/C7H14N2O/c1-5(8)7(10)9-6-3-2-4-6/h5-6H,2-4,8H2,1H3,(H,9,10)/t5-/m0/s1/i6D. The molecule has 1 amide bonds. The van der Waals surface area contributed by atoms with E-state index in [2.05, 4.69) is 5.32 Å². The topological polar surface area (TPSA) is 55.1 Å². The van der Waals surface area contributed by atoms with E-state index in [1.165, 1.54) is 0 Å². The number of carbonyl (C=O) groups excluding carboxylic acids is 1. The minimum atomic E-state index is -0.704. The van der Waals surface area contributed by atoms with Gasteiger partial charge in [0.05, 0.1) is 7.41 Å². The zero-order valence-electron chi connectivity index (χ0n) is 7.18. The molecule has 58 valence electrons. The number of amides is 1. The van der Waals surface area contributed by atoms with Crippen molar-refractivity contribution in [1.82, 2.24) is 5.32 Å². The molecule has 0 aromatic carbocycles. The van der Waals surface area contributed by atoms with Crippen LogP contribution in [-0.4, -0.2) is 18.0 Å². The van der Waals surface area contributed by atoms with Crippen molar-refractivity contribution in [3.63, 3.8) is 0 Å². The van der Waals surface area contributed by atoms with Gasteiger partial charge < -0.3 is 11.1 Å². The first-order valence-corrected chi connectivity index (χ1v) is 3.61. The lowest BCUT2D eigenvalue weighted by atomic mass is 9.93. The summed E-state index contributed by atoms with van der Waals surface area (Å²) in [5, 5.41) is 2.59. The molecular weight excluding hydrogens is 128 g/mol. The molecule has 3 heteroatoms. The number of carbonyl (C=O) groups is 1. The third-order valence-corrected chi connectivity index (χ3v) is 1.67. The third-order valence-electron chi connectivity index (χ3n) is 1.67. The average molecular weight is 143 g/mol. The molecule has 0 heterocycles. The third kappa shape index (κ3) is 1.70. The van der Waals surface area contributed by atoms with E-state index in [1.807, 2.05) is 0 Å². The summed E-state index contributed by atoms with van der Waals surface area (Å²) >= 11 is 0. The van der Waals surface area contributed by atoms with Crippen LogP contribution in [0.3, 0.4) is 0 Å². The lowest BCUT2D eigenvalue weighted by Crippen LogP contribution is -2.46. The van der Waals surface area contributed by atoms with Crippen molar-refractivity contribution in [2.45, 2.75) is 38.2 Å². The van der Waals surface area contributed by atoms with Gasteiger partial charge in [0, 0.05) is 6.02 Å². The average Bonchev–Trinajstić information content (AvgIpc) is 1.84. The first-order valence-electron chi connectivity index (χ1n) is 4.11. The molecule has 3 N–H and O–H groups in total. The van der Waals surface area contributed by atoms with Gasteiger partial charge >= 0.3 is 0 Å². The van der Waals surface area contributed by atoms with Gasteiger partial charge in [0.1, 0.15) is 0 Å². The van der Waals surface area contributed by atoms with Gasteiger partial charge in [-0.3, -0.25) is 4.79 Å². The van der Waals surface area contributed by atoms with E-state index in [0.29, 0.717) is 0 Å². The Kier molecular flexibility index (Phi) is 1.86. The van der Waals surface area contributed by atoms with Crippen molar-refractivity contribution in [3.05, 3.63) is 0 Å². The molecule has 1 saturated carbocycles. The normalized spacial score (nSPS) is 26.0. The molecule has 1 rings (SSSR count). The highest BCUT2D eigenvalue weighted by Gasteiger charge is 2.20. The second kappa shape index (κ2) is 3.01. The van der Waals surface area contributed by atoms with Crippen molar-refractivity contribution in [2.75, 3.05) is 0 Å². The Balaban J connectivity index is 2.35. The lowest BCUT2D eigenvalue weighted by molar-refractivity contribution is -0.123. The van der Waals surface area contributed by atoms with E-state index in [9.17, 15) is 4.79 Å². The molecule has 0 saturated heterocycles. The summed E-state index contributed by atoms with van der Waals surface area (Å²) in [5.74, 6) is -0.222. The molecule has 0 aromatic rings. The molecule has 1 aliphatic carbocycles. The zero-order chi connectivity index (χ0) is 8.48. The van der Waals surface area contributed by atoms with Crippen LogP contribution in [0.2, 0.25) is 0 Å². The fourth-order valence-electron chi connectivity index (χ4n) is 0.767. The summed E-state index contributed by atoms with van der Waals surface area (Å²) < 4.78 is 7.60. The van der Waals surface area contributed by atoms with Crippen molar-refractivity contribution < 1.29 is 6.17 Å². The van der Waals surface area contributed by atoms with Crippen LogP contribution in [0.4, 0.5) is 0 Å². The highest BCUT2D eigenvalue weighted by Crippen LogP contribution is 2.17. The first-order chi connectivity index (χ1) is 5.03. The number of rotatable bonds is 2. The number of nitrogens with one attached hydrogen (secondary N) is 1. The Labute approximate surface area is 62.4 Å². The quantitative estimate of drug-likeness (QED) is 0.571. The minimum absolute atomic E-state index is 0.222. The number of hydrogen-bond acceptors (Lipinski definition) is 2. The van der Waals surface area contributed by atoms with Gasteiger partial charge in [0.15, 0.2) is 0 Å². The largest absolute Gasteiger partial charge is 0.352 e. The zero-order valence-corrected chi connectivity index (χ0v) is 6.18. The van der Waals surface area contributed by atoms with Gasteiger partial charge in [-0.05, 0) is 26.2 Å². The molecule has 0 bridgehead atoms. The number of hydrogen-bond donors (Lipinski definition) is 2. The SMILES string of the molecule is [2H]C1(NC(=O)[C@H](C)N)CCC1. The smallest absolute Gasteiger partial charge is 0.236 e. The van der Waals surface area contributed by atoms with E-state index in [-0.39, 0.29) is 5.91 Å². The van der Waals surface area contributed by atoms with Crippen LogP contribution in [0.15, 0.2) is 0 Å². The van der Waals surface area contributed by atoms with Gasteiger partial charge in [-0.25, -0.2) is 0 Å². The fourth-order valence-corrected chi connectivity index (χ4v) is 0.767. The molecule has 0 aromatic heterocycles. The summed E-state index contributed by atoms with van der Waals surface area (Å²) in [5.41, 5.74) is 5.33. The van der Waals surface area contributed by atoms with Crippen LogP contribution in [0.25, 0.3) is 0 Å². The van der Waals surface area contributed by atoms with Crippen molar-refractivity contribution in [1.29, 1.82) is 0 Å². The number of nitrogens with two attached hydrogens (primary N) is 1. The van der Waals surface area contributed by atoms with E-state index >= 15 is 0 Å². The maximum Gasteiger partial charge on any atom is 0.236 e. The van der Waals surface area contributed by atoms with Gasteiger partial charge in [-0.2, -0.15) is 0 Å². The Morgan fingerprint density at radius 3 is 2.80 bits per heavy atom. The first kappa shape index (κ1) is 6.16. The fraction of sp³-hybridized carbons (Fsp3) is 0.857. The predicted molar refractivity (Wildman–Crippen MR) is 39.4 cm³/mol. The summed E-state index contributed by atoms with van der Waals surface area (Å²) in [6.45, 7) is 1.62. The van der Waals surface area contributed by atoms with Crippen LogP contribution in [0.5, 0.6) is 0 Å². The summed E-state index contributed by atoms with van der Waals surface area (Å²) in [4.78, 5) is 11.0. The van der Waals surface area contributed by atoms with E-state index < -0.39 is 12.1 Å². The van der Waals surface area contributed by atoms with Gasteiger partial charge in [0.2, 0.25) is 5.91 Å². The van der Waals surface area contributed by atoms with Crippen LogP contribution in [0, 0.1) is 0 Å². The predicted octanol–water partition coefficient (Wildman–Crippen LogP) is 0.00230. The van der Waals surface area contributed by atoms with Crippen LogP contribution in [-0.2, 0) is 4.79 Å². The molecule has 0 aliphatic heterocycles. The molecule has 3 nitrogen and oxygen atoms in total. The monoisotopic (exact) mass is 143 g/mol. The maximum atomic E-state index is 11.0. The molecular formula is C7H14N2O. The molecule has 0 radical (unpaired) electrons. The summed E-state index contributed by atoms with van der Waals surface area (Å²) in [6, 6.07) is -1.21.